The number of likely N-dealkylation sites (N-methyl/N-ethyl adjacent to an activating group) is 1. The van der Waals surface area contributed by atoms with Crippen LogP contribution in [0.4, 0.5) is 0 Å². The molecule has 15 heavy (non-hydrogen) atoms. The Morgan fingerprint density at radius 1 is 1.47 bits per heavy atom. The fraction of sp³-hybridized carbons (Fsp3) is 0.538. The maximum atomic E-state index is 10.2. The highest BCUT2D eigenvalue weighted by molar-refractivity contribution is 5.36. The van der Waals surface area contributed by atoms with Gasteiger partial charge in [-0.3, -0.25) is 0 Å². The molecule has 82 valence electrons. The first-order valence-corrected chi connectivity index (χ1v) is 5.73. The number of hydrogen-bond donors (Lipinski definition) is 2. The van der Waals surface area contributed by atoms with Crippen LogP contribution >= 0.6 is 0 Å². The number of fused-ring (bicyclic) bond motifs is 1. The van der Waals surface area contributed by atoms with E-state index in [0.29, 0.717) is 0 Å². The second-order valence-corrected chi connectivity index (χ2v) is 4.27. The predicted octanol–water partition coefficient (Wildman–Crippen LogP) is 1.82. The first kappa shape index (κ1) is 10.7. The highest BCUT2D eigenvalue weighted by atomic mass is 16.3. The number of rotatable bonds is 2. The van der Waals surface area contributed by atoms with E-state index in [-0.39, 0.29) is 12.1 Å². The first-order chi connectivity index (χ1) is 7.26. The zero-order valence-electron chi connectivity index (χ0n) is 9.46. The van der Waals surface area contributed by atoms with Crippen molar-refractivity contribution in [3.05, 3.63) is 34.9 Å². The molecule has 2 nitrogen and oxygen atoms in total. The van der Waals surface area contributed by atoms with Crippen LogP contribution in [0.3, 0.4) is 0 Å². The van der Waals surface area contributed by atoms with Crippen LogP contribution in [0, 0.1) is 0 Å². The summed E-state index contributed by atoms with van der Waals surface area (Å²) in [6.45, 7) is 2.15. The van der Waals surface area contributed by atoms with Gasteiger partial charge in [0.15, 0.2) is 0 Å². The van der Waals surface area contributed by atoms with Gasteiger partial charge in [0.1, 0.15) is 0 Å². The minimum atomic E-state index is -0.342. The Labute approximate surface area is 91.3 Å². The molecule has 1 aliphatic carbocycles. The molecule has 0 aromatic heterocycles. The summed E-state index contributed by atoms with van der Waals surface area (Å²) < 4.78 is 0. The van der Waals surface area contributed by atoms with Gasteiger partial charge in [-0.25, -0.2) is 0 Å². The van der Waals surface area contributed by atoms with Gasteiger partial charge in [-0.05, 0) is 43.0 Å². The van der Waals surface area contributed by atoms with E-state index in [1.165, 1.54) is 11.1 Å². The van der Waals surface area contributed by atoms with Crippen molar-refractivity contribution in [3.8, 4) is 0 Å². The molecule has 1 aromatic rings. The number of nitrogens with one attached hydrogen (secondary N) is 1. The van der Waals surface area contributed by atoms with Gasteiger partial charge in [0, 0.05) is 6.04 Å². The van der Waals surface area contributed by atoms with E-state index in [1.54, 1.807) is 0 Å². The predicted molar refractivity (Wildman–Crippen MR) is 61.9 cm³/mol. The Bertz CT molecular complexity index is 348. The summed E-state index contributed by atoms with van der Waals surface area (Å²) in [5.74, 6) is 0. The molecular formula is C13H19NO. The molecule has 0 heterocycles. The third-order valence-electron chi connectivity index (χ3n) is 3.41. The smallest absolute Gasteiger partial charge is 0.0945 e. The number of benzene rings is 1. The average molecular weight is 205 g/mol. The molecule has 0 aliphatic heterocycles. The highest BCUT2D eigenvalue weighted by Crippen LogP contribution is 2.30. The molecule has 0 saturated heterocycles. The number of aliphatic hydroxyl groups excluding tert-OH is 1. The van der Waals surface area contributed by atoms with Gasteiger partial charge in [-0.15, -0.1) is 0 Å². The van der Waals surface area contributed by atoms with Crippen molar-refractivity contribution in [3.63, 3.8) is 0 Å². The van der Waals surface area contributed by atoms with Crippen molar-refractivity contribution in [1.82, 2.24) is 5.32 Å². The average Bonchev–Trinajstić information content (AvgIpc) is 2.29. The van der Waals surface area contributed by atoms with Gasteiger partial charge in [-0.1, -0.05) is 25.1 Å². The van der Waals surface area contributed by atoms with Gasteiger partial charge in [0.25, 0.3) is 0 Å². The SMILES string of the molecule is CCc1ccc2c(c1)C(O)C(NC)CC2. The summed E-state index contributed by atoms with van der Waals surface area (Å²) in [5.41, 5.74) is 3.75. The van der Waals surface area contributed by atoms with E-state index in [4.69, 9.17) is 0 Å². The van der Waals surface area contributed by atoms with E-state index < -0.39 is 0 Å². The lowest BCUT2D eigenvalue weighted by atomic mass is 9.85. The minimum absolute atomic E-state index is 0.213. The van der Waals surface area contributed by atoms with Crippen LogP contribution < -0.4 is 5.32 Å². The van der Waals surface area contributed by atoms with Crippen LogP contribution in [0.5, 0.6) is 0 Å². The van der Waals surface area contributed by atoms with Crippen molar-refractivity contribution in [2.75, 3.05) is 7.05 Å². The summed E-state index contributed by atoms with van der Waals surface area (Å²) in [5, 5.41) is 13.4. The molecule has 0 amide bonds. The van der Waals surface area contributed by atoms with Gasteiger partial charge >= 0.3 is 0 Å². The quantitative estimate of drug-likeness (QED) is 0.772. The molecule has 2 N–H and O–H groups in total. The van der Waals surface area contributed by atoms with Crippen molar-refractivity contribution in [2.24, 2.45) is 0 Å². The Hall–Kier alpha value is -0.860. The lowest BCUT2D eigenvalue weighted by molar-refractivity contribution is 0.119. The Morgan fingerprint density at radius 2 is 2.27 bits per heavy atom. The molecule has 2 unspecified atom stereocenters. The van der Waals surface area contributed by atoms with Gasteiger partial charge in [0.2, 0.25) is 0 Å². The molecule has 1 aromatic carbocycles. The standard InChI is InChI=1S/C13H19NO/c1-3-9-4-5-10-6-7-12(14-2)13(15)11(10)8-9/h4-5,8,12-15H,3,6-7H2,1-2H3. The van der Waals surface area contributed by atoms with Crippen molar-refractivity contribution >= 4 is 0 Å². The van der Waals surface area contributed by atoms with Crippen LogP contribution in [0.15, 0.2) is 18.2 Å². The highest BCUT2D eigenvalue weighted by Gasteiger charge is 2.26. The lowest BCUT2D eigenvalue weighted by Crippen LogP contribution is -2.36. The van der Waals surface area contributed by atoms with Crippen LogP contribution in [0.25, 0.3) is 0 Å². The second-order valence-electron chi connectivity index (χ2n) is 4.27. The van der Waals surface area contributed by atoms with E-state index >= 15 is 0 Å². The summed E-state index contributed by atoms with van der Waals surface area (Å²) in [4.78, 5) is 0. The van der Waals surface area contributed by atoms with Crippen molar-refractivity contribution in [2.45, 2.75) is 38.3 Å². The van der Waals surface area contributed by atoms with Crippen LogP contribution in [-0.4, -0.2) is 18.2 Å². The third-order valence-corrected chi connectivity index (χ3v) is 3.41. The number of aliphatic hydroxyl groups is 1. The van der Waals surface area contributed by atoms with Crippen LogP contribution in [0.1, 0.15) is 36.1 Å². The second kappa shape index (κ2) is 4.33. The zero-order chi connectivity index (χ0) is 10.8. The summed E-state index contributed by atoms with van der Waals surface area (Å²) >= 11 is 0. The molecule has 2 rings (SSSR count). The number of hydrogen-bond acceptors (Lipinski definition) is 2. The molecule has 2 atom stereocenters. The van der Waals surface area contributed by atoms with Gasteiger partial charge in [-0.2, -0.15) is 0 Å². The molecule has 0 spiro atoms. The molecule has 0 bridgehead atoms. The van der Waals surface area contributed by atoms with E-state index in [1.807, 2.05) is 7.05 Å². The lowest BCUT2D eigenvalue weighted by Gasteiger charge is -2.30. The summed E-state index contributed by atoms with van der Waals surface area (Å²) in [6.07, 6.45) is 2.78. The van der Waals surface area contributed by atoms with Crippen molar-refractivity contribution < 1.29 is 5.11 Å². The summed E-state index contributed by atoms with van der Waals surface area (Å²) in [7, 11) is 1.92. The van der Waals surface area contributed by atoms with Crippen LogP contribution in [0.2, 0.25) is 0 Å². The maximum Gasteiger partial charge on any atom is 0.0945 e. The van der Waals surface area contributed by atoms with Gasteiger partial charge < -0.3 is 10.4 Å². The number of aryl methyl sites for hydroxylation is 2. The summed E-state index contributed by atoms with van der Waals surface area (Å²) in [6, 6.07) is 6.71. The largest absolute Gasteiger partial charge is 0.387 e. The molecule has 2 heteroatoms. The molecule has 0 fully saturated rings. The molecular weight excluding hydrogens is 186 g/mol. The van der Waals surface area contributed by atoms with Crippen molar-refractivity contribution in [1.29, 1.82) is 0 Å². The normalized spacial score (nSPS) is 25.0. The molecule has 0 radical (unpaired) electrons. The Kier molecular flexibility index (Phi) is 3.08. The van der Waals surface area contributed by atoms with Gasteiger partial charge in [0.05, 0.1) is 6.10 Å². The van der Waals surface area contributed by atoms with E-state index in [9.17, 15) is 5.11 Å². The Balaban J connectivity index is 2.35. The fourth-order valence-corrected chi connectivity index (χ4v) is 2.36. The third kappa shape index (κ3) is 1.92. The zero-order valence-corrected chi connectivity index (χ0v) is 9.46. The maximum absolute atomic E-state index is 10.2. The van der Waals surface area contributed by atoms with Crippen LogP contribution in [-0.2, 0) is 12.8 Å². The van der Waals surface area contributed by atoms with E-state index in [2.05, 4.69) is 30.4 Å². The first-order valence-electron chi connectivity index (χ1n) is 5.73. The Morgan fingerprint density at radius 3 is 2.93 bits per heavy atom. The topological polar surface area (TPSA) is 32.3 Å². The molecule has 0 saturated carbocycles. The van der Waals surface area contributed by atoms with E-state index in [0.717, 1.165) is 24.8 Å². The fourth-order valence-electron chi connectivity index (χ4n) is 2.36. The minimum Gasteiger partial charge on any atom is -0.387 e. The molecule has 1 aliphatic rings. The monoisotopic (exact) mass is 205 g/mol.